The van der Waals surface area contributed by atoms with Crippen LogP contribution in [0.1, 0.15) is 12.5 Å². The Morgan fingerprint density at radius 1 is 0.673 bits per heavy atom. The number of nitrogen functional groups attached to an aromatic ring is 2. The third kappa shape index (κ3) is 8.80. The van der Waals surface area contributed by atoms with Crippen molar-refractivity contribution in [3.8, 4) is 0 Å². The number of rotatable bonds is 14. The minimum absolute atomic E-state index is 0.217. The van der Waals surface area contributed by atoms with Crippen LogP contribution in [0.2, 0.25) is 0 Å². The summed E-state index contributed by atoms with van der Waals surface area (Å²) in [5.74, 6) is -0.719. The lowest BCUT2D eigenvalue weighted by Crippen LogP contribution is -2.34. The molecule has 0 aliphatic carbocycles. The molecule has 2 aliphatic rings. The van der Waals surface area contributed by atoms with Crippen LogP contribution >= 0.6 is 31.3 Å². The SMILES string of the molecule is Nc1nc2c(ncn2[C@@H]2O[C@H](COP(=O)(OC[C@H]3O[C@@H](n4cnc5c(=O)[nH]c(N)nc54)C(O)C3O)OP(=O)(O)OP(=O)(O)OP(=O)(O)O)C(O)C2O)c(=O)[nH]1. The smallest absolute Gasteiger partial charge is 0.387 e. The number of nitrogens with one attached hydrogen (secondary N) is 2. The van der Waals surface area contributed by atoms with Gasteiger partial charge in [0.25, 0.3) is 11.1 Å². The Morgan fingerprint density at radius 2 is 1.07 bits per heavy atom. The monoisotopic (exact) mass is 868 g/mol. The molecule has 4 aromatic rings. The number of aliphatic hydroxyl groups excluding tert-OH is 4. The number of fused-ring (bicyclic) bond motifs is 2. The molecular formula is C20H28N10O21P4. The predicted octanol–water partition coefficient (Wildman–Crippen LogP) is -3.86. The maximum Gasteiger partial charge on any atom is 0.490 e. The zero-order valence-electron chi connectivity index (χ0n) is 26.7. The second-order valence-electron chi connectivity index (χ2n) is 11.4. The van der Waals surface area contributed by atoms with Gasteiger partial charge in [-0.15, -0.1) is 0 Å². The largest absolute Gasteiger partial charge is 0.490 e. The average Bonchev–Trinajstić information content (AvgIpc) is 3.79. The number of phosphoric ester groups is 1. The molecule has 2 saturated heterocycles. The van der Waals surface area contributed by atoms with Crippen molar-refractivity contribution in [1.82, 2.24) is 39.0 Å². The molecule has 2 aliphatic heterocycles. The van der Waals surface area contributed by atoms with E-state index in [-0.39, 0.29) is 34.2 Å². The summed E-state index contributed by atoms with van der Waals surface area (Å²) < 4.78 is 84.2. The Morgan fingerprint density at radius 3 is 1.47 bits per heavy atom. The summed E-state index contributed by atoms with van der Waals surface area (Å²) >= 11 is 0. The molecule has 55 heavy (non-hydrogen) atoms. The Kier molecular flexibility index (Phi) is 11.1. The van der Waals surface area contributed by atoms with Crippen LogP contribution in [0.3, 0.4) is 0 Å². The molecule has 0 aromatic carbocycles. The van der Waals surface area contributed by atoms with E-state index in [4.69, 9.17) is 39.8 Å². The van der Waals surface area contributed by atoms with Crippen molar-refractivity contribution in [3.63, 3.8) is 0 Å². The van der Waals surface area contributed by atoms with Crippen LogP contribution in [-0.2, 0) is 49.7 Å². The van der Waals surface area contributed by atoms with Crippen molar-refractivity contribution in [2.24, 2.45) is 0 Å². The Balaban J connectivity index is 1.22. The van der Waals surface area contributed by atoms with Gasteiger partial charge in [-0.05, 0) is 0 Å². The standard InChI is InChI=1S/C20H28N10O21P4/c21-19-25-13-7(15(35)27-19)23-3-29(13)17-11(33)9(31)5(47-17)1-45-55(44,51-54(42,43)50-53(40,41)49-52(37,38)39)46-2-6-10(32)12(34)18(48-6)30-4-24-8-14(30)26-20(22)28-16(8)36/h3-6,9-12,17-18,31-34H,1-2H2,(H,40,41)(H,42,43)(H2,37,38,39)(H3,21,25,27,35)(H3,22,26,28,36)/t5-,6-,9?,10?,11?,12?,17-,18-,55?/m1/s1. The van der Waals surface area contributed by atoms with E-state index in [0.29, 0.717) is 0 Å². The minimum atomic E-state index is -6.31. The number of phosphoric acid groups is 4. The summed E-state index contributed by atoms with van der Waals surface area (Å²) in [6.45, 7) is -2.40. The van der Waals surface area contributed by atoms with Gasteiger partial charge < -0.3 is 60.9 Å². The van der Waals surface area contributed by atoms with Crippen LogP contribution in [0, 0.1) is 0 Å². The van der Waals surface area contributed by atoms with Crippen LogP contribution in [0.25, 0.3) is 22.3 Å². The van der Waals surface area contributed by atoms with E-state index >= 15 is 0 Å². The lowest BCUT2D eigenvalue weighted by molar-refractivity contribution is -0.0607. The van der Waals surface area contributed by atoms with Crippen molar-refractivity contribution < 1.29 is 89.7 Å². The molecule has 31 nitrogen and oxygen atoms in total. The molecule has 14 N–H and O–H groups in total. The van der Waals surface area contributed by atoms with E-state index in [1.807, 2.05) is 0 Å². The first-order valence-electron chi connectivity index (χ1n) is 14.7. The molecule has 4 aromatic heterocycles. The highest BCUT2D eigenvalue weighted by atomic mass is 31.3. The van der Waals surface area contributed by atoms with E-state index in [9.17, 15) is 58.1 Å². The number of H-pyrrole nitrogens is 2. The van der Waals surface area contributed by atoms with Gasteiger partial charge >= 0.3 is 31.3 Å². The fourth-order valence-electron chi connectivity index (χ4n) is 5.29. The Hall–Kier alpha value is -3.38. The molecule has 2 fully saturated rings. The first-order valence-corrected chi connectivity index (χ1v) is 20.7. The molecule has 35 heteroatoms. The predicted molar refractivity (Wildman–Crippen MR) is 171 cm³/mol. The van der Waals surface area contributed by atoms with Gasteiger partial charge in [0.15, 0.2) is 34.8 Å². The van der Waals surface area contributed by atoms with E-state index in [2.05, 4.69) is 42.8 Å². The normalized spacial score (nSPS) is 29.4. The number of aromatic amines is 2. The van der Waals surface area contributed by atoms with Gasteiger partial charge in [-0.25, -0.2) is 28.2 Å². The summed E-state index contributed by atoms with van der Waals surface area (Å²) in [7, 11) is -24.2. The van der Waals surface area contributed by atoms with Gasteiger partial charge in [-0.2, -0.15) is 22.9 Å². The molecule has 6 rings (SSSR count). The van der Waals surface area contributed by atoms with Crippen molar-refractivity contribution >= 4 is 65.5 Å². The van der Waals surface area contributed by atoms with Crippen molar-refractivity contribution in [1.29, 1.82) is 0 Å². The number of hydrogen-bond donors (Lipinski definition) is 12. The average molecular weight is 868 g/mol. The second-order valence-corrected chi connectivity index (χ2v) is 17.6. The topological polar surface area (TPSA) is 474 Å². The third-order valence-electron chi connectivity index (χ3n) is 7.54. The highest BCUT2D eigenvalue weighted by molar-refractivity contribution is 7.69. The molecule has 304 valence electrons. The fourth-order valence-corrected chi connectivity index (χ4v) is 10.3. The van der Waals surface area contributed by atoms with E-state index in [1.54, 1.807) is 0 Å². The molecule has 0 saturated carbocycles. The molecule has 0 radical (unpaired) electrons. The molecule has 0 amide bonds. The zero-order valence-corrected chi connectivity index (χ0v) is 30.3. The van der Waals surface area contributed by atoms with Gasteiger partial charge in [-0.1, -0.05) is 0 Å². The quantitative estimate of drug-likeness (QED) is 0.0540. The van der Waals surface area contributed by atoms with Crippen molar-refractivity contribution in [3.05, 3.63) is 33.4 Å². The number of imidazole rings is 2. The van der Waals surface area contributed by atoms with Gasteiger partial charge in [0.1, 0.15) is 36.6 Å². The van der Waals surface area contributed by atoms with E-state index in [0.717, 1.165) is 21.8 Å². The Bertz CT molecular complexity index is 2290. The van der Waals surface area contributed by atoms with E-state index in [1.165, 1.54) is 0 Å². The number of anilines is 2. The second kappa shape index (κ2) is 14.8. The lowest BCUT2D eigenvalue weighted by atomic mass is 10.1. The first-order chi connectivity index (χ1) is 25.5. The maximum atomic E-state index is 13.8. The first kappa shape index (κ1) is 41.3. The van der Waals surface area contributed by atoms with Gasteiger partial charge in [0.2, 0.25) is 11.9 Å². The van der Waals surface area contributed by atoms with Crippen LogP contribution in [0.4, 0.5) is 11.9 Å². The summed E-state index contributed by atoms with van der Waals surface area (Å²) in [5.41, 5.74) is 8.65. The van der Waals surface area contributed by atoms with Crippen LogP contribution in [-0.4, -0.2) is 129 Å². The molecule has 10 atom stereocenters. The van der Waals surface area contributed by atoms with Crippen LogP contribution in [0.5, 0.6) is 0 Å². The van der Waals surface area contributed by atoms with Crippen molar-refractivity contribution in [2.45, 2.75) is 49.1 Å². The molecular weight excluding hydrogens is 840 g/mol. The number of nitrogens with zero attached hydrogens (tertiary/aromatic N) is 6. The molecule has 0 spiro atoms. The number of aliphatic hydroxyl groups is 4. The summed E-state index contributed by atoms with van der Waals surface area (Å²) in [5, 5.41) is 42.9. The molecule has 6 unspecified atom stereocenters. The van der Waals surface area contributed by atoms with Gasteiger partial charge in [-0.3, -0.25) is 37.7 Å². The van der Waals surface area contributed by atoms with Crippen LogP contribution in [0.15, 0.2) is 22.2 Å². The number of ether oxygens (including phenoxy) is 2. The summed E-state index contributed by atoms with van der Waals surface area (Å²) in [6.07, 6.45) is -12.4. The van der Waals surface area contributed by atoms with E-state index < -0.39 is 105 Å². The summed E-state index contributed by atoms with van der Waals surface area (Å²) in [6, 6.07) is 0. The third-order valence-corrected chi connectivity index (χ3v) is 13.4. The molecule has 6 heterocycles. The number of nitrogens with two attached hydrogens (primary N) is 2. The number of aromatic nitrogens is 8. The lowest BCUT2D eigenvalue weighted by Gasteiger charge is -2.24. The molecule has 0 bridgehead atoms. The van der Waals surface area contributed by atoms with Gasteiger partial charge in [0, 0.05) is 0 Å². The fraction of sp³-hybridized carbons (Fsp3) is 0.500. The highest BCUT2D eigenvalue weighted by Gasteiger charge is 2.51. The number of hydrogen-bond acceptors (Lipinski definition) is 23. The maximum absolute atomic E-state index is 13.8. The minimum Gasteiger partial charge on any atom is -0.387 e. The zero-order chi connectivity index (χ0) is 40.4. The van der Waals surface area contributed by atoms with Gasteiger partial charge in [0.05, 0.1) is 25.9 Å². The Labute approximate surface area is 301 Å². The van der Waals surface area contributed by atoms with Crippen LogP contribution < -0.4 is 22.6 Å². The summed E-state index contributed by atoms with van der Waals surface area (Å²) in [4.78, 5) is 81.6. The highest BCUT2D eigenvalue weighted by Crippen LogP contribution is 2.72. The van der Waals surface area contributed by atoms with Crippen molar-refractivity contribution in [2.75, 3.05) is 24.7 Å².